The molecule has 0 amide bonds. The average molecular weight is 365 g/mol. The summed E-state index contributed by atoms with van der Waals surface area (Å²) in [4.78, 5) is 5.78. The molecule has 0 aliphatic heterocycles. The third kappa shape index (κ3) is 5.96. The van der Waals surface area contributed by atoms with E-state index in [4.69, 9.17) is 10.00 Å². The lowest BCUT2D eigenvalue weighted by Gasteiger charge is -2.20. The van der Waals surface area contributed by atoms with E-state index in [0.717, 1.165) is 18.0 Å². The molecule has 2 aromatic rings. The van der Waals surface area contributed by atoms with Crippen LogP contribution < -0.4 is 9.64 Å². The van der Waals surface area contributed by atoms with Gasteiger partial charge in [0.15, 0.2) is 0 Å². The molecule has 2 aromatic carbocycles. The first kappa shape index (κ1) is 20.2. The minimum atomic E-state index is -0.343. The number of aliphatic imine (C=N–C) groups is 1. The smallest absolute Gasteiger partial charge is 0.127 e. The molecule has 0 spiro atoms. The molecule has 140 valence electrons. The van der Waals surface area contributed by atoms with Crippen LogP contribution in [0.3, 0.4) is 0 Å². The number of aryl methyl sites for hydroxylation is 1. The monoisotopic (exact) mass is 365 g/mol. The summed E-state index contributed by atoms with van der Waals surface area (Å²) in [7, 11) is 0. The molecule has 0 fully saturated rings. The first-order valence-corrected chi connectivity index (χ1v) is 8.91. The van der Waals surface area contributed by atoms with Crippen molar-refractivity contribution in [2.24, 2.45) is 4.99 Å². The van der Waals surface area contributed by atoms with Crippen LogP contribution in [0.1, 0.15) is 31.4 Å². The molecule has 0 radical (unpaired) electrons. The maximum Gasteiger partial charge on any atom is 0.127 e. The Morgan fingerprint density at radius 1 is 1.33 bits per heavy atom. The van der Waals surface area contributed by atoms with Gasteiger partial charge in [-0.05, 0) is 63.2 Å². The maximum absolute atomic E-state index is 14.0. The Morgan fingerprint density at radius 2 is 2.15 bits per heavy atom. The van der Waals surface area contributed by atoms with Crippen LogP contribution in [0, 0.1) is 17.1 Å². The van der Waals surface area contributed by atoms with Gasteiger partial charge in [-0.1, -0.05) is 12.1 Å². The molecule has 0 bridgehead atoms. The van der Waals surface area contributed by atoms with Crippen molar-refractivity contribution in [2.75, 3.05) is 11.4 Å². The Kier molecular flexibility index (Phi) is 7.57. The number of benzene rings is 2. The van der Waals surface area contributed by atoms with Crippen molar-refractivity contribution in [2.45, 2.75) is 32.8 Å². The Bertz CT molecular complexity index is 842. The van der Waals surface area contributed by atoms with Gasteiger partial charge in [0.1, 0.15) is 11.6 Å². The first-order chi connectivity index (χ1) is 13.1. The molecule has 1 atom stereocenters. The van der Waals surface area contributed by atoms with Crippen LogP contribution in [0.5, 0.6) is 5.75 Å². The summed E-state index contributed by atoms with van der Waals surface area (Å²) in [6.45, 7) is 8.26. The molecule has 0 saturated carbocycles. The van der Waals surface area contributed by atoms with Gasteiger partial charge in [-0.25, -0.2) is 4.39 Å². The molecule has 2 rings (SSSR count). The van der Waals surface area contributed by atoms with Crippen LogP contribution in [-0.4, -0.2) is 19.4 Å². The van der Waals surface area contributed by atoms with Crippen molar-refractivity contribution in [1.82, 2.24) is 0 Å². The quantitative estimate of drug-likeness (QED) is 0.581. The van der Waals surface area contributed by atoms with Gasteiger partial charge in [0.05, 0.1) is 17.7 Å². The summed E-state index contributed by atoms with van der Waals surface area (Å²) in [5, 5.41) is 8.81. The summed E-state index contributed by atoms with van der Waals surface area (Å²) < 4.78 is 20.0. The molecule has 0 N–H and O–H groups in total. The SMILES string of the molecule is C=N/C=C\N(CC)c1cccc(OC(C)CCc2ccc(C#N)cc2F)c1. The number of ether oxygens (including phenoxy) is 1. The molecular formula is C22H24FN3O. The molecule has 0 aliphatic rings. The highest BCUT2D eigenvalue weighted by Gasteiger charge is 2.10. The summed E-state index contributed by atoms with van der Waals surface area (Å²) in [6, 6.07) is 14.3. The van der Waals surface area contributed by atoms with Gasteiger partial charge in [0.2, 0.25) is 0 Å². The fourth-order valence-corrected chi connectivity index (χ4v) is 2.71. The topological polar surface area (TPSA) is 48.6 Å². The number of hydrogen-bond donors (Lipinski definition) is 0. The lowest BCUT2D eigenvalue weighted by Crippen LogP contribution is -2.16. The van der Waals surface area contributed by atoms with Crippen LogP contribution in [0.2, 0.25) is 0 Å². The van der Waals surface area contributed by atoms with E-state index in [1.54, 1.807) is 18.3 Å². The molecule has 27 heavy (non-hydrogen) atoms. The largest absolute Gasteiger partial charge is 0.491 e. The number of anilines is 1. The van der Waals surface area contributed by atoms with Gasteiger partial charge in [0, 0.05) is 30.7 Å². The van der Waals surface area contributed by atoms with Gasteiger partial charge >= 0.3 is 0 Å². The second-order valence-electron chi connectivity index (χ2n) is 6.15. The fraction of sp³-hybridized carbons (Fsp3) is 0.273. The summed E-state index contributed by atoms with van der Waals surface area (Å²) in [5.74, 6) is 0.420. The van der Waals surface area contributed by atoms with Gasteiger partial charge in [-0.2, -0.15) is 5.26 Å². The van der Waals surface area contributed by atoms with E-state index in [0.29, 0.717) is 24.0 Å². The van der Waals surface area contributed by atoms with Crippen LogP contribution in [0.25, 0.3) is 0 Å². The molecule has 0 aliphatic carbocycles. The standard InChI is InChI=1S/C22H24FN3O/c1-4-26(13-12-25-3)20-6-5-7-21(15-20)27-17(2)8-10-19-11-9-18(16-24)14-22(19)23/h5-7,9,11-15,17H,3-4,8,10H2,1-2H3/b13-12-. The van der Waals surface area contributed by atoms with Crippen molar-refractivity contribution >= 4 is 12.4 Å². The van der Waals surface area contributed by atoms with E-state index >= 15 is 0 Å². The third-order valence-corrected chi connectivity index (χ3v) is 4.18. The van der Waals surface area contributed by atoms with E-state index in [2.05, 4.69) is 18.6 Å². The third-order valence-electron chi connectivity index (χ3n) is 4.18. The number of nitriles is 1. The van der Waals surface area contributed by atoms with E-state index in [-0.39, 0.29) is 11.9 Å². The normalized spacial score (nSPS) is 11.8. The van der Waals surface area contributed by atoms with E-state index in [1.165, 1.54) is 6.07 Å². The fourth-order valence-electron chi connectivity index (χ4n) is 2.71. The highest BCUT2D eigenvalue weighted by Crippen LogP contribution is 2.23. The van der Waals surface area contributed by atoms with Crippen molar-refractivity contribution in [3.05, 3.63) is 71.8 Å². The van der Waals surface area contributed by atoms with Crippen LogP contribution in [-0.2, 0) is 6.42 Å². The lowest BCUT2D eigenvalue weighted by molar-refractivity contribution is 0.211. The van der Waals surface area contributed by atoms with Gasteiger partial charge in [-0.3, -0.25) is 4.99 Å². The van der Waals surface area contributed by atoms with Gasteiger partial charge in [-0.15, -0.1) is 0 Å². The summed E-state index contributed by atoms with van der Waals surface area (Å²) in [6.07, 6.45) is 4.66. The molecule has 4 nitrogen and oxygen atoms in total. The zero-order chi connectivity index (χ0) is 19.6. The molecule has 0 heterocycles. The Hall–Kier alpha value is -3.13. The zero-order valence-electron chi connectivity index (χ0n) is 15.7. The maximum atomic E-state index is 14.0. The molecular weight excluding hydrogens is 341 g/mol. The lowest BCUT2D eigenvalue weighted by atomic mass is 10.0. The number of hydrogen-bond acceptors (Lipinski definition) is 4. The van der Waals surface area contributed by atoms with Crippen molar-refractivity contribution in [1.29, 1.82) is 5.26 Å². The number of halogens is 1. The molecule has 0 saturated heterocycles. The van der Waals surface area contributed by atoms with Gasteiger partial charge in [0.25, 0.3) is 0 Å². The Balaban J connectivity index is 1.98. The van der Waals surface area contributed by atoms with Crippen LogP contribution >= 0.6 is 0 Å². The predicted octanol–water partition coefficient (Wildman–Crippen LogP) is 5.10. The van der Waals surface area contributed by atoms with Crippen molar-refractivity contribution in [3.8, 4) is 11.8 Å². The second kappa shape index (κ2) is 10.1. The minimum absolute atomic E-state index is 0.0734. The number of nitrogens with zero attached hydrogens (tertiary/aromatic N) is 3. The van der Waals surface area contributed by atoms with Gasteiger partial charge < -0.3 is 9.64 Å². The predicted molar refractivity (Wildman–Crippen MR) is 108 cm³/mol. The van der Waals surface area contributed by atoms with Crippen LogP contribution in [0.15, 0.2) is 59.9 Å². The second-order valence-corrected chi connectivity index (χ2v) is 6.15. The van der Waals surface area contributed by atoms with E-state index in [9.17, 15) is 4.39 Å². The van der Waals surface area contributed by atoms with Crippen molar-refractivity contribution in [3.63, 3.8) is 0 Å². The average Bonchev–Trinajstić information content (AvgIpc) is 2.68. The Labute approximate surface area is 160 Å². The summed E-state index contributed by atoms with van der Waals surface area (Å²) >= 11 is 0. The van der Waals surface area contributed by atoms with Crippen molar-refractivity contribution < 1.29 is 9.13 Å². The minimum Gasteiger partial charge on any atom is -0.491 e. The molecule has 1 unspecified atom stereocenters. The first-order valence-electron chi connectivity index (χ1n) is 8.91. The number of rotatable bonds is 9. The Morgan fingerprint density at radius 3 is 2.81 bits per heavy atom. The molecule has 0 aromatic heterocycles. The molecule has 5 heteroatoms. The summed E-state index contributed by atoms with van der Waals surface area (Å²) in [5.41, 5.74) is 1.93. The highest BCUT2D eigenvalue weighted by molar-refractivity contribution is 5.53. The van der Waals surface area contributed by atoms with E-state index < -0.39 is 0 Å². The highest BCUT2D eigenvalue weighted by atomic mass is 19.1. The van der Waals surface area contributed by atoms with Crippen LogP contribution in [0.4, 0.5) is 10.1 Å². The zero-order valence-corrected chi connectivity index (χ0v) is 15.7. The van der Waals surface area contributed by atoms with E-state index in [1.807, 2.05) is 48.4 Å².